The Balaban J connectivity index is 2.24. The molecular formula is C12H16N2O. The molecule has 3 heteroatoms. The van der Waals surface area contributed by atoms with Crippen molar-refractivity contribution in [2.45, 2.75) is 25.8 Å². The zero-order valence-corrected chi connectivity index (χ0v) is 8.94. The van der Waals surface area contributed by atoms with E-state index in [0.717, 1.165) is 24.2 Å². The van der Waals surface area contributed by atoms with Gasteiger partial charge in [-0.15, -0.1) is 0 Å². The predicted octanol–water partition coefficient (Wildman–Crippen LogP) is 1.95. The molecule has 1 aromatic carbocycles. The molecule has 1 aromatic rings. The highest BCUT2D eigenvalue weighted by Crippen LogP contribution is 2.28. The first-order chi connectivity index (χ1) is 7.20. The molecule has 15 heavy (non-hydrogen) atoms. The van der Waals surface area contributed by atoms with Gasteiger partial charge in [0, 0.05) is 18.7 Å². The topological polar surface area (TPSA) is 46.3 Å². The first-order valence-electron chi connectivity index (χ1n) is 5.34. The van der Waals surface area contributed by atoms with Gasteiger partial charge in [0.25, 0.3) is 0 Å². The Kier molecular flexibility index (Phi) is 2.62. The Labute approximate surface area is 89.9 Å². The standard InChI is InChI=1S/C12H16N2O/c1-9(14-8-4-7-12(14)15)10-5-2-3-6-11(10)13/h2-3,5-6,9H,4,7-8,13H2,1H3. The fourth-order valence-electron chi connectivity index (χ4n) is 2.14. The molecule has 1 fully saturated rings. The number of hydrogen-bond donors (Lipinski definition) is 1. The van der Waals surface area contributed by atoms with Gasteiger partial charge in [0.2, 0.25) is 5.91 Å². The molecular weight excluding hydrogens is 188 g/mol. The number of amides is 1. The monoisotopic (exact) mass is 204 g/mol. The van der Waals surface area contributed by atoms with Crippen LogP contribution in [0.5, 0.6) is 0 Å². The van der Waals surface area contributed by atoms with Crippen molar-refractivity contribution in [2.24, 2.45) is 0 Å². The second-order valence-corrected chi connectivity index (χ2v) is 4.00. The van der Waals surface area contributed by atoms with Crippen molar-refractivity contribution in [3.05, 3.63) is 29.8 Å². The van der Waals surface area contributed by atoms with Crippen LogP contribution in [0.25, 0.3) is 0 Å². The maximum Gasteiger partial charge on any atom is 0.223 e. The van der Waals surface area contributed by atoms with E-state index in [4.69, 9.17) is 5.73 Å². The maximum absolute atomic E-state index is 11.6. The summed E-state index contributed by atoms with van der Waals surface area (Å²) in [7, 11) is 0. The van der Waals surface area contributed by atoms with Crippen LogP contribution in [0.1, 0.15) is 31.4 Å². The number of hydrogen-bond acceptors (Lipinski definition) is 2. The van der Waals surface area contributed by atoms with Crippen LogP contribution in [0.2, 0.25) is 0 Å². The third-order valence-electron chi connectivity index (χ3n) is 3.02. The normalized spacial score (nSPS) is 18.2. The summed E-state index contributed by atoms with van der Waals surface area (Å²) in [6.07, 6.45) is 1.65. The molecule has 1 aliphatic rings. The summed E-state index contributed by atoms with van der Waals surface area (Å²) in [6, 6.07) is 7.85. The fourth-order valence-corrected chi connectivity index (χ4v) is 2.14. The average Bonchev–Trinajstić information content (AvgIpc) is 2.64. The number of carbonyl (C=O) groups is 1. The minimum Gasteiger partial charge on any atom is -0.398 e. The summed E-state index contributed by atoms with van der Waals surface area (Å²) in [5.74, 6) is 0.241. The Morgan fingerprint density at radius 1 is 1.40 bits per heavy atom. The molecule has 0 saturated carbocycles. The number of para-hydroxylation sites is 1. The molecule has 3 nitrogen and oxygen atoms in total. The van der Waals surface area contributed by atoms with Gasteiger partial charge in [-0.3, -0.25) is 4.79 Å². The minimum absolute atomic E-state index is 0.0983. The molecule has 1 aliphatic heterocycles. The summed E-state index contributed by atoms with van der Waals surface area (Å²) in [4.78, 5) is 13.5. The molecule has 0 spiro atoms. The number of carbonyl (C=O) groups excluding carboxylic acids is 1. The van der Waals surface area contributed by atoms with Gasteiger partial charge in [-0.2, -0.15) is 0 Å². The van der Waals surface area contributed by atoms with Gasteiger partial charge in [0.05, 0.1) is 6.04 Å². The Morgan fingerprint density at radius 3 is 2.73 bits per heavy atom. The van der Waals surface area contributed by atoms with Gasteiger partial charge in [-0.1, -0.05) is 18.2 Å². The summed E-state index contributed by atoms with van der Waals surface area (Å²) in [5, 5.41) is 0. The molecule has 80 valence electrons. The van der Waals surface area contributed by atoms with Crippen molar-refractivity contribution >= 4 is 11.6 Å². The van der Waals surface area contributed by atoms with Crippen molar-refractivity contribution in [1.29, 1.82) is 0 Å². The first-order valence-corrected chi connectivity index (χ1v) is 5.34. The fraction of sp³-hybridized carbons (Fsp3) is 0.417. The van der Waals surface area contributed by atoms with Crippen molar-refractivity contribution in [3.8, 4) is 0 Å². The number of rotatable bonds is 2. The summed E-state index contributed by atoms with van der Waals surface area (Å²) < 4.78 is 0. The van der Waals surface area contributed by atoms with E-state index in [9.17, 15) is 4.79 Å². The molecule has 1 heterocycles. The highest BCUT2D eigenvalue weighted by atomic mass is 16.2. The number of nitrogens with zero attached hydrogens (tertiary/aromatic N) is 1. The zero-order chi connectivity index (χ0) is 10.8. The molecule has 0 aliphatic carbocycles. The van der Waals surface area contributed by atoms with Crippen molar-refractivity contribution in [3.63, 3.8) is 0 Å². The molecule has 2 N–H and O–H groups in total. The van der Waals surface area contributed by atoms with Crippen molar-refractivity contribution in [1.82, 2.24) is 4.90 Å². The largest absolute Gasteiger partial charge is 0.398 e. The lowest BCUT2D eigenvalue weighted by Gasteiger charge is -2.25. The van der Waals surface area contributed by atoms with E-state index >= 15 is 0 Å². The van der Waals surface area contributed by atoms with E-state index in [2.05, 4.69) is 0 Å². The van der Waals surface area contributed by atoms with E-state index < -0.39 is 0 Å². The smallest absolute Gasteiger partial charge is 0.223 e. The number of likely N-dealkylation sites (tertiary alicyclic amines) is 1. The summed E-state index contributed by atoms with van der Waals surface area (Å²) >= 11 is 0. The van der Waals surface area contributed by atoms with Gasteiger partial charge in [-0.05, 0) is 25.0 Å². The Hall–Kier alpha value is -1.51. The second-order valence-electron chi connectivity index (χ2n) is 4.00. The van der Waals surface area contributed by atoms with E-state index in [0.29, 0.717) is 6.42 Å². The average molecular weight is 204 g/mol. The van der Waals surface area contributed by atoms with Crippen LogP contribution in [0, 0.1) is 0 Å². The molecule has 0 bridgehead atoms. The number of benzene rings is 1. The zero-order valence-electron chi connectivity index (χ0n) is 8.94. The van der Waals surface area contributed by atoms with Crippen molar-refractivity contribution in [2.75, 3.05) is 12.3 Å². The lowest BCUT2D eigenvalue weighted by atomic mass is 10.1. The highest BCUT2D eigenvalue weighted by molar-refractivity contribution is 5.78. The van der Waals surface area contributed by atoms with Crippen LogP contribution in [0.3, 0.4) is 0 Å². The molecule has 0 radical (unpaired) electrons. The number of nitrogen functional groups attached to an aromatic ring is 1. The predicted molar refractivity (Wildman–Crippen MR) is 60.2 cm³/mol. The summed E-state index contributed by atoms with van der Waals surface area (Å²) in [5.41, 5.74) is 7.71. The van der Waals surface area contributed by atoms with Gasteiger partial charge in [0.15, 0.2) is 0 Å². The van der Waals surface area contributed by atoms with E-state index in [1.54, 1.807) is 0 Å². The van der Waals surface area contributed by atoms with Gasteiger partial charge >= 0.3 is 0 Å². The van der Waals surface area contributed by atoms with Crippen LogP contribution in [0.4, 0.5) is 5.69 Å². The third-order valence-corrected chi connectivity index (χ3v) is 3.02. The van der Waals surface area contributed by atoms with Crippen molar-refractivity contribution < 1.29 is 4.79 Å². The maximum atomic E-state index is 11.6. The minimum atomic E-state index is 0.0983. The van der Waals surface area contributed by atoms with Gasteiger partial charge < -0.3 is 10.6 Å². The Morgan fingerprint density at radius 2 is 2.13 bits per heavy atom. The van der Waals surface area contributed by atoms with Crippen LogP contribution < -0.4 is 5.73 Å². The first kappa shape index (κ1) is 10.0. The second kappa shape index (κ2) is 3.93. The Bertz CT molecular complexity index is 376. The van der Waals surface area contributed by atoms with Crippen LogP contribution >= 0.6 is 0 Å². The molecule has 1 unspecified atom stereocenters. The van der Waals surface area contributed by atoms with E-state index in [-0.39, 0.29) is 11.9 Å². The number of anilines is 1. The molecule has 2 rings (SSSR count). The molecule has 1 amide bonds. The van der Waals surface area contributed by atoms with Gasteiger partial charge in [-0.25, -0.2) is 0 Å². The quantitative estimate of drug-likeness (QED) is 0.748. The van der Waals surface area contributed by atoms with E-state index in [1.807, 2.05) is 36.1 Å². The van der Waals surface area contributed by atoms with Crippen LogP contribution in [-0.2, 0) is 4.79 Å². The number of nitrogens with two attached hydrogens (primary N) is 1. The molecule has 1 atom stereocenters. The van der Waals surface area contributed by atoms with Crippen LogP contribution in [0.15, 0.2) is 24.3 Å². The highest BCUT2D eigenvalue weighted by Gasteiger charge is 2.26. The SMILES string of the molecule is CC(c1ccccc1N)N1CCCC1=O. The van der Waals surface area contributed by atoms with Crippen LogP contribution in [-0.4, -0.2) is 17.4 Å². The molecule has 0 aromatic heterocycles. The van der Waals surface area contributed by atoms with E-state index in [1.165, 1.54) is 0 Å². The van der Waals surface area contributed by atoms with Gasteiger partial charge in [0.1, 0.15) is 0 Å². The molecule has 1 saturated heterocycles. The lowest BCUT2D eigenvalue weighted by Crippen LogP contribution is -2.28. The lowest BCUT2D eigenvalue weighted by molar-refractivity contribution is -0.129. The summed E-state index contributed by atoms with van der Waals surface area (Å²) in [6.45, 7) is 2.89. The third kappa shape index (κ3) is 1.82.